The highest BCUT2D eigenvalue weighted by atomic mass is 32.2. The van der Waals surface area contributed by atoms with Gasteiger partial charge in [0.05, 0.1) is 0 Å². The summed E-state index contributed by atoms with van der Waals surface area (Å²) in [6, 6.07) is 6.81. The van der Waals surface area contributed by atoms with E-state index < -0.39 is 10.0 Å². The van der Waals surface area contributed by atoms with Crippen LogP contribution in [0.2, 0.25) is 0 Å². The molecule has 2 N–H and O–H groups in total. The van der Waals surface area contributed by atoms with E-state index in [1.54, 1.807) is 30.6 Å². The Balaban J connectivity index is 2.09. The predicted molar refractivity (Wildman–Crippen MR) is 84.7 cm³/mol. The molecule has 0 spiro atoms. The molecule has 0 fully saturated rings. The van der Waals surface area contributed by atoms with Gasteiger partial charge in [0.15, 0.2) is 0 Å². The molecule has 2 rings (SSSR count). The lowest BCUT2D eigenvalue weighted by Gasteiger charge is -2.13. The molecule has 2 aromatic rings. The second-order valence-corrected chi connectivity index (χ2v) is 7.73. The van der Waals surface area contributed by atoms with Gasteiger partial charge in [-0.05, 0) is 43.3 Å². The Kier molecular flexibility index (Phi) is 5.46. The second-order valence-electron chi connectivity index (χ2n) is 4.62. The average Bonchev–Trinajstić information content (AvgIpc) is 2.95. The van der Waals surface area contributed by atoms with Gasteiger partial charge in [0.2, 0.25) is 0 Å². The summed E-state index contributed by atoms with van der Waals surface area (Å²) in [4.78, 5) is 4.94. The molecule has 0 radical (unpaired) electrons. The first-order chi connectivity index (χ1) is 10.0. The quantitative estimate of drug-likeness (QED) is 0.819. The molecule has 0 aliphatic rings. The zero-order valence-corrected chi connectivity index (χ0v) is 13.7. The van der Waals surface area contributed by atoms with Crippen LogP contribution in [-0.4, -0.2) is 19.9 Å². The maximum atomic E-state index is 12.4. The third-order valence-electron chi connectivity index (χ3n) is 2.99. The fraction of sp³-hybridized carbons (Fsp3) is 0.357. The SMILES string of the molecule is CCNCc1ccc(S(=O)(=O)NC(C)c2ccncc2)s1. The lowest BCUT2D eigenvalue weighted by atomic mass is 10.1. The van der Waals surface area contributed by atoms with Crippen LogP contribution in [0, 0.1) is 0 Å². The maximum absolute atomic E-state index is 12.4. The van der Waals surface area contributed by atoms with E-state index in [4.69, 9.17) is 0 Å². The largest absolute Gasteiger partial charge is 0.312 e. The van der Waals surface area contributed by atoms with E-state index in [0.29, 0.717) is 10.8 Å². The molecular weight excluding hydrogens is 306 g/mol. The molecule has 0 saturated carbocycles. The van der Waals surface area contributed by atoms with Gasteiger partial charge >= 0.3 is 0 Å². The van der Waals surface area contributed by atoms with Crippen molar-refractivity contribution in [2.45, 2.75) is 30.6 Å². The first-order valence-electron chi connectivity index (χ1n) is 6.74. The minimum Gasteiger partial charge on any atom is -0.312 e. The molecule has 114 valence electrons. The molecular formula is C14H19N3O2S2. The Morgan fingerprint density at radius 2 is 1.95 bits per heavy atom. The van der Waals surface area contributed by atoms with Crippen molar-refractivity contribution in [1.82, 2.24) is 15.0 Å². The van der Waals surface area contributed by atoms with Crippen LogP contribution in [0.1, 0.15) is 30.3 Å². The van der Waals surface area contributed by atoms with Crippen molar-refractivity contribution in [3.8, 4) is 0 Å². The number of pyridine rings is 1. The zero-order chi connectivity index (χ0) is 15.3. The summed E-state index contributed by atoms with van der Waals surface area (Å²) in [6.45, 7) is 5.39. The van der Waals surface area contributed by atoms with Crippen LogP contribution in [0.3, 0.4) is 0 Å². The number of hydrogen-bond donors (Lipinski definition) is 2. The Morgan fingerprint density at radius 1 is 1.24 bits per heavy atom. The van der Waals surface area contributed by atoms with Gasteiger partial charge in [0.1, 0.15) is 4.21 Å². The number of sulfonamides is 1. The molecule has 0 aliphatic carbocycles. The number of nitrogens with zero attached hydrogens (tertiary/aromatic N) is 1. The fourth-order valence-corrected chi connectivity index (χ4v) is 4.43. The molecule has 2 heterocycles. The Morgan fingerprint density at radius 3 is 2.62 bits per heavy atom. The van der Waals surface area contributed by atoms with Crippen LogP contribution in [-0.2, 0) is 16.6 Å². The van der Waals surface area contributed by atoms with E-state index >= 15 is 0 Å². The van der Waals surface area contributed by atoms with Gasteiger partial charge in [-0.2, -0.15) is 0 Å². The van der Waals surface area contributed by atoms with E-state index in [-0.39, 0.29) is 6.04 Å². The zero-order valence-electron chi connectivity index (χ0n) is 12.0. The van der Waals surface area contributed by atoms with Crippen LogP contribution in [0.15, 0.2) is 40.9 Å². The van der Waals surface area contributed by atoms with Crippen molar-refractivity contribution in [2.75, 3.05) is 6.54 Å². The van der Waals surface area contributed by atoms with Crippen LogP contribution in [0.25, 0.3) is 0 Å². The molecule has 1 unspecified atom stereocenters. The minimum absolute atomic E-state index is 0.294. The van der Waals surface area contributed by atoms with E-state index in [2.05, 4.69) is 15.0 Å². The van der Waals surface area contributed by atoms with Gasteiger partial charge in [0.25, 0.3) is 10.0 Å². The third-order valence-corrected chi connectivity index (χ3v) is 6.11. The van der Waals surface area contributed by atoms with Gasteiger partial charge in [-0.1, -0.05) is 6.92 Å². The van der Waals surface area contributed by atoms with Crippen molar-refractivity contribution in [3.63, 3.8) is 0 Å². The molecule has 0 aromatic carbocycles. The average molecular weight is 325 g/mol. The van der Waals surface area contributed by atoms with Gasteiger partial charge in [0, 0.05) is 29.9 Å². The molecule has 5 nitrogen and oxygen atoms in total. The molecule has 0 amide bonds. The van der Waals surface area contributed by atoms with Crippen molar-refractivity contribution in [1.29, 1.82) is 0 Å². The van der Waals surface area contributed by atoms with Crippen LogP contribution >= 0.6 is 11.3 Å². The highest BCUT2D eigenvalue weighted by molar-refractivity contribution is 7.91. The summed E-state index contributed by atoms with van der Waals surface area (Å²) in [7, 11) is -3.49. The number of aromatic nitrogens is 1. The third kappa shape index (κ3) is 4.34. The number of rotatable bonds is 7. The molecule has 0 bridgehead atoms. The number of hydrogen-bond acceptors (Lipinski definition) is 5. The summed E-state index contributed by atoms with van der Waals surface area (Å²) in [5.41, 5.74) is 0.887. The van der Waals surface area contributed by atoms with Gasteiger partial charge in [-0.25, -0.2) is 13.1 Å². The smallest absolute Gasteiger partial charge is 0.250 e. The maximum Gasteiger partial charge on any atom is 0.250 e. The highest BCUT2D eigenvalue weighted by Gasteiger charge is 2.20. The Labute approximate surface area is 129 Å². The summed E-state index contributed by atoms with van der Waals surface area (Å²) >= 11 is 1.29. The second kappa shape index (κ2) is 7.13. The molecule has 7 heteroatoms. The first kappa shape index (κ1) is 16.1. The van der Waals surface area contributed by atoms with Crippen molar-refractivity contribution >= 4 is 21.4 Å². The Bertz CT molecular complexity index is 669. The number of thiophene rings is 1. The predicted octanol–water partition coefficient (Wildman–Crippen LogP) is 2.29. The summed E-state index contributed by atoms with van der Waals surface area (Å²) in [6.07, 6.45) is 3.31. The lowest BCUT2D eigenvalue weighted by molar-refractivity contribution is 0.569. The first-order valence-corrected chi connectivity index (χ1v) is 9.04. The van der Waals surface area contributed by atoms with Gasteiger partial charge in [-0.3, -0.25) is 4.98 Å². The molecule has 0 aliphatic heterocycles. The summed E-state index contributed by atoms with van der Waals surface area (Å²) < 4.78 is 27.8. The van der Waals surface area contributed by atoms with E-state index in [0.717, 1.165) is 17.0 Å². The fourth-order valence-electron chi connectivity index (χ4n) is 1.86. The highest BCUT2D eigenvalue weighted by Crippen LogP contribution is 2.23. The lowest BCUT2D eigenvalue weighted by Crippen LogP contribution is -2.26. The molecule has 21 heavy (non-hydrogen) atoms. The summed E-state index contributed by atoms with van der Waals surface area (Å²) in [5.74, 6) is 0. The summed E-state index contributed by atoms with van der Waals surface area (Å²) in [5, 5.41) is 3.18. The van der Waals surface area contributed by atoms with E-state index in [9.17, 15) is 8.42 Å². The molecule has 1 atom stereocenters. The van der Waals surface area contributed by atoms with Gasteiger partial charge in [-0.15, -0.1) is 11.3 Å². The van der Waals surface area contributed by atoms with E-state index in [1.165, 1.54) is 11.3 Å². The standard InChI is InChI=1S/C14H19N3O2S2/c1-3-15-10-13-4-5-14(20-13)21(18,19)17-11(2)12-6-8-16-9-7-12/h4-9,11,15,17H,3,10H2,1-2H3. The van der Waals surface area contributed by atoms with Crippen molar-refractivity contribution < 1.29 is 8.42 Å². The molecule has 0 saturated heterocycles. The Hall–Kier alpha value is -1.28. The van der Waals surface area contributed by atoms with Gasteiger partial charge < -0.3 is 5.32 Å². The molecule has 2 aromatic heterocycles. The number of nitrogens with one attached hydrogen (secondary N) is 2. The normalized spacial score (nSPS) is 13.2. The van der Waals surface area contributed by atoms with Crippen LogP contribution in [0.4, 0.5) is 0 Å². The van der Waals surface area contributed by atoms with Crippen molar-refractivity contribution in [3.05, 3.63) is 47.1 Å². The monoisotopic (exact) mass is 325 g/mol. The van der Waals surface area contributed by atoms with Crippen LogP contribution in [0.5, 0.6) is 0 Å². The topological polar surface area (TPSA) is 71.1 Å². The van der Waals surface area contributed by atoms with E-state index in [1.807, 2.05) is 19.9 Å². The van der Waals surface area contributed by atoms with Crippen LogP contribution < -0.4 is 10.0 Å². The minimum atomic E-state index is -3.49. The van der Waals surface area contributed by atoms with Crippen molar-refractivity contribution in [2.24, 2.45) is 0 Å².